The topological polar surface area (TPSA) is 99.5 Å². The van der Waals surface area contributed by atoms with Gasteiger partial charge in [0.2, 0.25) is 0 Å². The molecule has 126 valence electrons. The molecule has 0 bridgehead atoms. The Morgan fingerprint density at radius 3 is 2.88 bits per heavy atom. The van der Waals surface area contributed by atoms with Crippen molar-refractivity contribution in [3.8, 4) is 0 Å². The van der Waals surface area contributed by atoms with Gasteiger partial charge in [0.25, 0.3) is 11.5 Å². The minimum atomic E-state index is -0.601. The SMILES string of the molecule is CC(C)CC(O)CNC(=O)c1cnn2c1[nH]c(=O)c1ccccc12. The third-order valence-electron chi connectivity index (χ3n) is 3.86. The van der Waals surface area contributed by atoms with E-state index in [4.69, 9.17) is 0 Å². The average Bonchev–Trinajstić information content (AvgIpc) is 2.96. The highest BCUT2D eigenvalue weighted by atomic mass is 16.3. The standard InChI is InChI=1S/C17H20N4O3/c1-10(2)7-11(22)8-18-16(23)13-9-19-21-14-6-4-3-5-12(14)17(24)20-15(13)21/h3-6,9-11,22H,7-8H2,1-2H3,(H,18,23)(H,20,24). The highest BCUT2D eigenvalue weighted by molar-refractivity contribution is 6.00. The van der Waals surface area contributed by atoms with Crippen molar-refractivity contribution < 1.29 is 9.90 Å². The van der Waals surface area contributed by atoms with Gasteiger partial charge in [-0.05, 0) is 24.5 Å². The van der Waals surface area contributed by atoms with Crippen molar-refractivity contribution >= 4 is 22.5 Å². The van der Waals surface area contributed by atoms with Crippen molar-refractivity contribution in [1.29, 1.82) is 0 Å². The number of benzene rings is 1. The minimum Gasteiger partial charge on any atom is -0.391 e. The first-order chi connectivity index (χ1) is 11.5. The van der Waals surface area contributed by atoms with Gasteiger partial charge in [0, 0.05) is 6.54 Å². The van der Waals surface area contributed by atoms with Crippen LogP contribution in [0.4, 0.5) is 0 Å². The number of rotatable bonds is 5. The van der Waals surface area contributed by atoms with Crippen LogP contribution in [-0.2, 0) is 0 Å². The molecule has 1 atom stereocenters. The van der Waals surface area contributed by atoms with Gasteiger partial charge in [-0.25, -0.2) is 4.52 Å². The first kappa shape index (κ1) is 16.2. The van der Waals surface area contributed by atoms with Crippen molar-refractivity contribution in [1.82, 2.24) is 19.9 Å². The van der Waals surface area contributed by atoms with E-state index in [0.29, 0.717) is 28.9 Å². The van der Waals surface area contributed by atoms with E-state index in [0.717, 1.165) is 0 Å². The smallest absolute Gasteiger partial charge is 0.259 e. The van der Waals surface area contributed by atoms with Gasteiger partial charge < -0.3 is 15.4 Å². The van der Waals surface area contributed by atoms with Gasteiger partial charge in [-0.3, -0.25) is 9.59 Å². The molecule has 1 aromatic carbocycles. The molecule has 0 aliphatic carbocycles. The van der Waals surface area contributed by atoms with Crippen molar-refractivity contribution in [2.24, 2.45) is 5.92 Å². The zero-order valence-electron chi connectivity index (χ0n) is 13.6. The summed E-state index contributed by atoms with van der Waals surface area (Å²) in [7, 11) is 0. The molecule has 0 spiro atoms. The van der Waals surface area contributed by atoms with Gasteiger partial charge in [0.05, 0.1) is 23.2 Å². The van der Waals surface area contributed by atoms with E-state index in [9.17, 15) is 14.7 Å². The van der Waals surface area contributed by atoms with Gasteiger partial charge in [-0.15, -0.1) is 0 Å². The molecule has 7 heteroatoms. The van der Waals surface area contributed by atoms with E-state index in [1.165, 1.54) is 10.7 Å². The van der Waals surface area contributed by atoms with Crippen LogP contribution in [0, 0.1) is 5.92 Å². The first-order valence-electron chi connectivity index (χ1n) is 7.92. The summed E-state index contributed by atoms with van der Waals surface area (Å²) in [5, 5.41) is 17.3. The number of fused-ring (bicyclic) bond motifs is 3. The van der Waals surface area contributed by atoms with Crippen LogP contribution in [0.3, 0.4) is 0 Å². The highest BCUT2D eigenvalue weighted by Crippen LogP contribution is 2.14. The van der Waals surface area contributed by atoms with E-state index < -0.39 is 6.10 Å². The molecular formula is C17H20N4O3. The Hall–Kier alpha value is -2.67. The largest absolute Gasteiger partial charge is 0.391 e. The number of carbonyl (C=O) groups is 1. The molecule has 0 fully saturated rings. The molecule has 3 rings (SSSR count). The number of hydrogen-bond donors (Lipinski definition) is 3. The molecule has 7 nitrogen and oxygen atoms in total. The Morgan fingerprint density at radius 2 is 2.12 bits per heavy atom. The average molecular weight is 328 g/mol. The van der Waals surface area contributed by atoms with Crippen molar-refractivity contribution in [2.75, 3.05) is 6.54 Å². The normalized spacial score (nSPS) is 12.8. The zero-order valence-corrected chi connectivity index (χ0v) is 13.6. The Bertz CT molecular complexity index is 942. The predicted octanol–water partition coefficient (Wildman–Crippen LogP) is 1.31. The van der Waals surface area contributed by atoms with E-state index in [1.807, 2.05) is 19.9 Å². The molecule has 1 unspecified atom stereocenters. The number of aliphatic hydroxyl groups is 1. The van der Waals surface area contributed by atoms with Crippen LogP contribution in [-0.4, -0.2) is 38.3 Å². The number of carbonyl (C=O) groups excluding carboxylic acids is 1. The Labute approximate surface area is 138 Å². The van der Waals surface area contributed by atoms with Crippen LogP contribution in [0.1, 0.15) is 30.6 Å². The lowest BCUT2D eigenvalue weighted by molar-refractivity contribution is 0.0901. The van der Waals surface area contributed by atoms with E-state index >= 15 is 0 Å². The van der Waals surface area contributed by atoms with Gasteiger partial charge in [0.1, 0.15) is 11.2 Å². The zero-order chi connectivity index (χ0) is 17.3. The van der Waals surface area contributed by atoms with Crippen molar-refractivity contribution in [2.45, 2.75) is 26.4 Å². The molecule has 2 heterocycles. The number of amides is 1. The predicted molar refractivity (Wildman–Crippen MR) is 91.1 cm³/mol. The second kappa shape index (κ2) is 6.45. The maximum atomic E-state index is 12.4. The molecule has 3 aromatic rings. The molecule has 3 N–H and O–H groups in total. The van der Waals surface area contributed by atoms with Crippen LogP contribution < -0.4 is 10.9 Å². The summed E-state index contributed by atoms with van der Waals surface area (Å²) in [6.07, 6.45) is 1.42. The summed E-state index contributed by atoms with van der Waals surface area (Å²) in [4.78, 5) is 27.2. The monoisotopic (exact) mass is 328 g/mol. The van der Waals surface area contributed by atoms with Gasteiger partial charge >= 0.3 is 0 Å². The quantitative estimate of drug-likeness (QED) is 0.657. The highest BCUT2D eigenvalue weighted by Gasteiger charge is 2.17. The lowest BCUT2D eigenvalue weighted by Crippen LogP contribution is -2.32. The van der Waals surface area contributed by atoms with Crippen LogP contribution in [0.15, 0.2) is 35.3 Å². The molecule has 0 aliphatic heterocycles. The molecule has 0 aliphatic rings. The van der Waals surface area contributed by atoms with E-state index in [1.54, 1.807) is 18.2 Å². The second-order valence-corrected chi connectivity index (χ2v) is 6.28. The number of aromatic nitrogens is 3. The number of nitrogens with one attached hydrogen (secondary N) is 2. The fraction of sp³-hybridized carbons (Fsp3) is 0.353. The molecule has 24 heavy (non-hydrogen) atoms. The van der Waals surface area contributed by atoms with Crippen molar-refractivity contribution in [3.63, 3.8) is 0 Å². The summed E-state index contributed by atoms with van der Waals surface area (Å²) in [5.41, 5.74) is 0.979. The molecule has 1 amide bonds. The van der Waals surface area contributed by atoms with E-state index in [2.05, 4.69) is 15.4 Å². The number of hydrogen-bond acceptors (Lipinski definition) is 4. The molecule has 0 saturated heterocycles. The van der Waals surface area contributed by atoms with Crippen molar-refractivity contribution in [3.05, 3.63) is 46.4 Å². The maximum absolute atomic E-state index is 12.4. The summed E-state index contributed by atoms with van der Waals surface area (Å²) >= 11 is 0. The number of H-pyrrole nitrogens is 1. The van der Waals surface area contributed by atoms with Crippen LogP contribution in [0.5, 0.6) is 0 Å². The first-order valence-corrected chi connectivity index (χ1v) is 7.92. The summed E-state index contributed by atoms with van der Waals surface area (Å²) in [5.74, 6) is -0.0321. The minimum absolute atomic E-state index is 0.159. The molecule has 0 radical (unpaired) electrons. The number of para-hydroxylation sites is 1. The van der Waals surface area contributed by atoms with Gasteiger partial charge in [-0.2, -0.15) is 5.10 Å². The summed E-state index contributed by atoms with van der Waals surface area (Å²) in [6, 6.07) is 7.07. The Morgan fingerprint density at radius 1 is 1.38 bits per heavy atom. The third kappa shape index (κ3) is 3.03. The van der Waals surface area contributed by atoms with E-state index in [-0.39, 0.29) is 23.6 Å². The Kier molecular flexibility index (Phi) is 4.35. The third-order valence-corrected chi connectivity index (χ3v) is 3.86. The van der Waals surface area contributed by atoms with Crippen LogP contribution in [0.25, 0.3) is 16.6 Å². The lowest BCUT2D eigenvalue weighted by atomic mass is 10.1. The fourth-order valence-corrected chi connectivity index (χ4v) is 2.78. The fourth-order valence-electron chi connectivity index (χ4n) is 2.78. The maximum Gasteiger partial charge on any atom is 0.259 e. The number of nitrogens with zero attached hydrogens (tertiary/aromatic N) is 2. The number of aromatic amines is 1. The van der Waals surface area contributed by atoms with Gasteiger partial charge in [-0.1, -0.05) is 26.0 Å². The van der Waals surface area contributed by atoms with Crippen LogP contribution in [0.2, 0.25) is 0 Å². The molecule has 0 saturated carbocycles. The van der Waals surface area contributed by atoms with Crippen LogP contribution >= 0.6 is 0 Å². The Balaban J connectivity index is 1.90. The summed E-state index contributed by atoms with van der Waals surface area (Å²) < 4.78 is 1.54. The lowest BCUT2D eigenvalue weighted by Gasteiger charge is -2.13. The second-order valence-electron chi connectivity index (χ2n) is 6.28. The summed E-state index contributed by atoms with van der Waals surface area (Å²) in [6.45, 7) is 4.17. The number of aliphatic hydroxyl groups excluding tert-OH is 1. The molecular weight excluding hydrogens is 308 g/mol. The van der Waals surface area contributed by atoms with Gasteiger partial charge in [0.15, 0.2) is 0 Å². The molecule has 2 aromatic heterocycles.